The molecule has 2 unspecified atom stereocenters. The van der Waals surface area contributed by atoms with E-state index in [-0.39, 0.29) is 13.0 Å². The second-order valence-electron chi connectivity index (χ2n) is 4.91. The zero-order valence-electron chi connectivity index (χ0n) is 10.6. The molecule has 1 saturated heterocycles. The van der Waals surface area contributed by atoms with Gasteiger partial charge in [0.05, 0.1) is 5.92 Å². The van der Waals surface area contributed by atoms with Crippen LogP contribution in [0.1, 0.15) is 12.0 Å². The number of carboxylic acids is 2. The molecule has 0 bridgehead atoms. The number of likely N-dealkylation sites (tertiary alicyclic amines) is 1. The summed E-state index contributed by atoms with van der Waals surface area (Å²) in [5.74, 6) is -2.53. The molecule has 1 aliphatic heterocycles. The van der Waals surface area contributed by atoms with Crippen molar-refractivity contribution in [1.82, 2.24) is 4.90 Å². The summed E-state index contributed by atoms with van der Waals surface area (Å²) in [7, 11) is 0. The fourth-order valence-electron chi connectivity index (χ4n) is 2.42. The normalized spacial score (nSPS) is 22.9. The van der Waals surface area contributed by atoms with Crippen molar-refractivity contribution in [3.05, 3.63) is 27.3 Å². The molecular formula is C13H15IN2O4. The fraction of sp³-hybridized carbons (Fsp3) is 0.385. The maximum absolute atomic E-state index is 11.3. The summed E-state index contributed by atoms with van der Waals surface area (Å²) < 4.78 is 0.950. The summed E-state index contributed by atoms with van der Waals surface area (Å²) in [5, 5.41) is 18.3. The lowest BCUT2D eigenvalue weighted by Gasteiger charge is -2.21. The van der Waals surface area contributed by atoms with Crippen molar-refractivity contribution in [3.63, 3.8) is 0 Å². The van der Waals surface area contributed by atoms with Crippen LogP contribution in [0.15, 0.2) is 18.2 Å². The standard InChI is InChI=1S/C13H15IN2O4/c14-10-4-9(15)2-1-7(10)5-16-6-8(12(17)18)3-11(16)13(19)20/h1-2,4,8,11H,3,5-6,15H2,(H,17,18)(H,19,20). The van der Waals surface area contributed by atoms with Crippen molar-refractivity contribution in [3.8, 4) is 0 Å². The minimum absolute atomic E-state index is 0.149. The number of rotatable bonds is 4. The SMILES string of the molecule is Nc1ccc(CN2CC(C(=O)O)CC2C(=O)O)c(I)c1. The smallest absolute Gasteiger partial charge is 0.320 e. The number of hydrogen-bond donors (Lipinski definition) is 3. The molecule has 1 fully saturated rings. The summed E-state index contributed by atoms with van der Waals surface area (Å²) in [6.07, 6.45) is 0.149. The van der Waals surface area contributed by atoms with E-state index in [1.165, 1.54) is 0 Å². The Morgan fingerprint density at radius 3 is 2.60 bits per heavy atom. The first kappa shape index (κ1) is 15.0. The third-order valence-electron chi connectivity index (χ3n) is 3.49. The van der Waals surface area contributed by atoms with E-state index in [0.29, 0.717) is 12.2 Å². The maximum Gasteiger partial charge on any atom is 0.320 e. The Morgan fingerprint density at radius 1 is 1.35 bits per heavy atom. The van der Waals surface area contributed by atoms with Crippen LogP contribution in [-0.4, -0.2) is 39.6 Å². The van der Waals surface area contributed by atoms with Crippen molar-refractivity contribution in [2.75, 3.05) is 12.3 Å². The van der Waals surface area contributed by atoms with Gasteiger partial charge in [0.15, 0.2) is 0 Å². The van der Waals surface area contributed by atoms with E-state index in [1.54, 1.807) is 11.0 Å². The molecule has 0 saturated carbocycles. The minimum Gasteiger partial charge on any atom is -0.481 e. The Hall–Kier alpha value is -1.35. The van der Waals surface area contributed by atoms with E-state index in [1.807, 2.05) is 12.1 Å². The van der Waals surface area contributed by atoms with E-state index >= 15 is 0 Å². The summed E-state index contributed by atoms with van der Waals surface area (Å²) in [6, 6.07) is 4.68. The number of hydrogen-bond acceptors (Lipinski definition) is 4. The number of nitrogen functional groups attached to an aromatic ring is 1. The summed E-state index contributed by atoms with van der Waals surface area (Å²) in [6.45, 7) is 0.673. The monoisotopic (exact) mass is 390 g/mol. The molecule has 108 valence electrons. The minimum atomic E-state index is -0.973. The van der Waals surface area contributed by atoms with Gasteiger partial charge in [0, 0.05) is 22.3 Å². The molecule has 0 aliphatic carbocycles. The Bertz CT molecular complexity index is 549. The van der Waals surface area contributed by atoms with Gasteiger partial charge < -0.3 is 15.9 Å². The summed E-state index contributed by atoms with van der Waals surface area (Å²) in [4.78, 5) is 24.0. The van der Waals surface area contributed by atoms with Gasteiger partial charge in [0.2, 0.25) is 0 Å². The van der Waals surface area contributed by atoms with Gasteiger partial charge in [-0.2, -0.15) is 0 Å². The number of nitrogens with zero attached hydrogens (tertiary/aromatic N) is 1. The lowest BCUT2D eigenvalue weighted by molar-refractivity contribution is -0.142. The molecule has 0 spiro atoms. The van der Waals surface area contributed by atoms with Crippen LogP contribution in [0.3, 0.4) is 0 Å². The first-order chi connectivity index (χ1) is 9.38. The van der Waals surface area contributed by atoms with Crippen LogP contribution >= 0.6 is 22.6 Å². The quantitative estimate of drug-likeness (QED) is 0.528. The highest BCUT2D eigenvalue weighted by atomic mass is 127. The molecule has 20 heavy (non-hydrogen) atoms. The van der Waals surface area contributed by atoms with Crippen LogP contribution in [0.25, 0.3) is 0 Å². The fourth-order valence-corrected chi connectivity index (χ4v) is 3.13. The highest BCUT2D eigenvalue weighted by Crippen LogP contribution is 2.27. The average molecular weight is 390 g/mol. The predicted molar refractivity (Wildman–Crippen MR) is 81.1 cm³/mol. The molecule has 1 aromatic carbocycles. The first-order valence-electron chi connectivity index (χ1n) is 6.12. The van der Waals surface area contributed by atoms with Gasteiger partial charge in [0.25, 0.3) is 0 Å². The van der Waals surface area contributed by atoms with E-state index in [0.717, 1.165) is 9.13 Å². The van der Waals surface area contributed by atoms with Crippen molar-refractivity contribution in [2.24, 2.45) is 5.92 Å². The van der Waals surface area contributed by atoms with Crippen LogP contribution in [0.5, 0.6) is 0 Å². The number of aliphatic carboxylic acids is 2. The zero-order valence-corrected chi connectivity index (χ0v) is 12.8. The van der Waals surface area contributed by atoms with Gasteiger partial charge >= 0.3 is 11.9 Å². The van der Waals surface area contributed by atoms with E-state index < -0.39 is 23.9 Å². The Kier molecular flexibility index (Phi) is 4.48. The molecule has 4 N–H and O–H groups in total. The molecular weight excluding hydrogens is 375 g/mol. The van der Waals surface area contributed by atoms with Gasteiger partial charge in [0.1, 0.15) is 6.04 Å². The van der Waals surface area contributed by atoms with Gasteiger partial charge in [-0.3, -0.25) is 14.5 Å². The molecule has 7 heteroatoms. The average Bonchev–Trinajstić information content (AvgIpc) is 2.77. The molecule has 2 atom stereocenters. The number of nitrogens with two attached hydrogens (primary N) is 1. The van der Waals surface area contributed by atoms with Gasteiger partial charge in [-0.1, -0.05) is 6.07 Å². The summed E-state index contributed by atoms with van der Waals surface area (Å²) in [5.41, 5.74) is 7.29. The van der Waals surface area contributed by atoms with Crippen LogP contribution in [0.4, 0.5) is 5.69 Å². The Balaban J connectivity index is 2.17. The molecule has 6 nitrogen and oxygen atoms in total. The predicted octanol–water partition coefficient (Wildman–Crippen LogP) is 1.23. The van der Waals surface area contributed by atoms with Gasteiger partial charge in [-0.25, -0.2) is 0 Å². The Labute approximate surface area is 129 Å². The first-order valence-corrected chi connectivity index (χ1v) is 7.20. The van der Waals surface area contributed by atoms with Crippen molar-refractivity contribution in [1.29, 1.82) is 0 Å². The van der Waals surface area contributed by atoms with E-state index in [2.05, 4.69) is 22.6 Å². The third kappa shape index (κ3) is 3.21. The molecule has 1 heterocycles. The third-order valence-corrected chi connectivity index (χ3v) is 4.49. The van der Waals surface area contributed by atoms with E-state index in [4.69, 9.17) is 10.8 Å². The molecule has 0 amide bonds. The van der Waals surface area contributed by atoms with E-state index in [9.17, 15) is 14.7 Å². The highest BCUT2D eigenvalue weighted by Gasteiger charge is 2.40. The zero-order chi connectivity index (χ0) is 14.9. The number of halogens is 1. The number of carboxylic acid groups (broad SMARTS) is 2. The lowest BCUT2D eigenvalue weighted by Crippen LogP contribution is -2.35. The number of anilines is 1. The maximum atomic E-state index is 11.3. The molecule has 1 aliphatic rings. The van der Waals surface area contributed by atoms with Crippen LogP contribution in [-0.2, 0) is 16.1 Å². The van der Waals surface area contributed by atoms with Crippen LogP contribution in [0.2, 0.25) is 0 Å². The molecule has 0 aromatic heterocycles. The Morgan fingerprint density at radius 2 is 2.05 bits per heavy atom. The summed E-state index contributed by atoms with van der Waals surface area (Å²) >= 11 is 2.15. The van der Waals surface area contributed by atoms with Crippen molar-refractivity contribution >= 4 is 40.2 Å². The second kappa shape index (κ2) is 5.96. The number of carbonyl (C=O) groups is 2. The topological polar surface area (TPSA) is 104 Å². The second-order valence-corrected chi connectivity index (χ2v) is 6.07. The van der Waals surface area contributed by atoms with Crippen molar-refractivity contribution in [2.45, 2.75) is 19.0 Å². The molecule has 2 rings (SSSR count). The number of benzene rings is 1. The largest absolute Gasteiger partial charge is 0.481 e. The van der Waals surface area contributed by atoms with Gasteiger partial charge in [-0.05, 0) is 46.7 Å². The van der Waals surface area contributed by atoms with Crippen LogP contribution in [0, 0.1) is 9.49 Å². The molecule has 0 radical (unpaired) electrons. The van der Waals surface area contributed by atoms with Crippen LogP contribution < -0.4 is 5.73 Å². The van der Waals surface area contributed by atoms with Crippen molar-refractivity contribution < 1.29 is 19.8 Å². The van der Waals surface area contributed by atoms with Gasteiger partial charge in [-0.15, -0.1) is 0 Å². The highest BCUT2D eigenvalue weighted by molar-refractivity contribution is 14.1. The lowest BCUT2D eigenvalue weighted by atomic mass is 10.1. The molecule has 1 aromatic rings.